The molecule has 4 nitrogen and oxygen atoms in total. The van der Waals surface area contributed by atoms with Crippen LogP contribution in [0.25, 0.3) is 0 Å². The molecule has 1 heterocycles. The van der Waals surface area contributed by atoms with E-state index < -0.39 is 0 Å². The summed E-state index contributed by atoms with van der Waals surface area (Å²) in [6.45, 7) is 1.41. The SMILES string of the molecule is CN(C(=O)c1cccc(CN2CCCC2=O)c1)C1CCc2ccccc21. The molecule has 0 spiro atoms. The van der Waals surface area contributed by atoms with Crippen LogP contribution in [0.3, 0.4) is 0 Å². The molecule has 1 aliphatic carbocycles. The van der Waals surface area contributed by atoms with Crippen molar-refractivity contribution in [3.05, 3.63) is 70.8 Å². The van der Waals surface area contributed by atoms with E-state index in [1.165, 1.54) is 11.1 Å². The summed E-state index contributed by atoms with van der Waals surface area (Å²) in [6, 6.07) is 16.2. The maximum Gasteiger partial charge on any atom is 0.254 e. The van der Waals surface area contributed by atoms with Gasteiger partial charge in [0.25, 0.3) is 5.91 Å². The molecular weight excluding hydrogens is 324 g/mol. The van der Waals surface area contributed by atoms with Gasteiger partial charge in [-0.25, -0.2) is 0 Å². The quantitative estimate of drug-likeness (QED) is 0.847. The van der Waals surface area contributed by atoms with Crippen molar-refractivity contribution in [3.8, 4) is 0 Å². The van der Waals surface area contributed by atoms with Crippen LogP contribution in [-0.2, 0) is 17.8 Å². The fourth-order valence-electron chi connectivity index (χ4n) is 4.18. The van der Waals surface area contributed by atoms with E-state index in [0.29, 0.717) is 18.5 Å². The highest BCUT2D eigenvalue weighted by molar-refractivity contribution is 5.94. The number of hydrogen-bond acceptors (Lipinski definition) is 2. The van der Waals surface area contributed by atoms with Crippen LogP contribution in [-0.4, -0.2) is 35.2 Å². The number of fused-ring (bicyclic) bond motifs is 1. The average Bonchev–Trinajstić information content (AvgIpc) is 3.27. The number of rotatable bonds is 4. The fraction of sp³-hybridized carbons (Fsp3) is 0.364. The van der Waals surface area contributed by atoms with Gasteiger partial charge in [0.05, 0.1) is 6.04 Å². The number of amides is 2. The molecule has 1 unspecified atom stereocenters. The van der Waals surface area contributed by atoms with Gasteiger partial charge in [-0.3, -0.25) is 9.59 Å². The molecule has 0 N–H and O–H groups in total. The van der Waals surface area contributed by atoms with E-state index in [0.717, 1.165) is 31.4 Å². The first-order valence-corrected chi connectivity index (χ1v) is 9.35. The van der Waals surface area contributed by atoms with Gasteiger partial charge in [-0.1, -0.05) is 36.4 Å². The van der Waals surface area contributed by atoms with Crippen LogP contribution >= 0.6 is 0 Å². The van der Waals surface area contributed by atoms with Gasteiger partial charge in [-0.2, -0.15) is 0 Å². The highest BCUT2D eigenvalue weighted by atomic mass is 16.2. The molecule has 2 aromatic carbocycles. The monoisotopic (exact) mass is 348 g/mol. The Bertz CT molecular complexity index is 846. The summed E-state index contributed by atoms with van der Waals surface area (Å²) in [7, 11) is 1.89. The van der Waals surface area contributed by atoms with E-state index in [1.807, 2.05) is 47.2 Å². The molecule has 1 aliphatic heterocycles. The first kappa shape index (κ1) is 16.8. The Morgan fingerprint density at radius 2 is 2.00 bits per heavy atom. The number of benzene rings is 2. The van der Waals surface area contributed by atoms with Crippen LogP contribution in [0.5, 0.6) is 0 Å². The Morgan fingerprint density at radius 1 is 1.15 bits per heavy atom. The van der Waals surface area contributed by atoms with Crippen molar-refractivity contribution in [3.63, 3.8) is 0 Å². The Hall–Kier alpha value is -2.62. The smallest absolute Gasteiger partial charge is 0.254 e. The van der Waals surface area contributed by atoms with Gasteiger partial charge in [-0.05, 0) is 48.1 Å². The normalized spacial score (nSPS) is 18.9. The topological polar surface area (TPSA) is 40.6 Å². The number of aryl methyl sites for hydroxylation is 1. The van der Waals surface area contributed by atoms with Gasteiger partial charge in [0.15, 0.2) is 0 Å². The van der Waals surface area contributed by atoms with E-state index in [9.17, 15) is 9.59 Å². The van der Waals surface area contributed by atoms with Crippen LogP contribution in [0.4, 0.5) is 0 Å². The number of nitrogens with zero attached hydrogens (tertiary/aromatic N) is 2. The minimum Gasteiger partial charge on any atom is -0.338 e. The standard InChI is InChI=1S/C22H24N2O2/c1-23(20-12-11-17-7-2-3-9-19(17)20)22(26)18-8-4-6-16(14-18)15-24-13-5-10-21(24)25/h2-4,6-9,14,20H,5,10-13,15H2,1H3. The van der Waals surface area contributed by atoms with Crippen LogP contribution < -0.4 is 0 Å². The fourth-order valence-corrected chi connectivity index (χ4v) is 4.18. The zero-order valence-electron chi connectivity index (χ0n) is 15.1. The Balaban J connectivity index is 1.51. The Labute approximate surface area is 154 Å². The lowest BCUT2D eigenvalue weighted by Crippen LogP contribution is -2.30. The Morgan fingerprint density at radius 3 is 2.81 bits per heavy atom. The molecule has 134 valence electrons. The molecule has 0 radical (unpaired) electrons. The lowest BCUT2D eigenvalue weighted by atomic mass is 10.1. The highest BCUT2D eigenvalue weighted by Gasteiger charge is 2.29. The van der Waals surface area contributed by atoms with Crippen molar-refractivity contribution < 1.29 is 9.59 Å². The average molecular weight is 348 g/mol. The molecule has 2 amide bonds. The van der Waals surface area contributed by atoms with Crippen LogP contribution in [0, 0.1) is 0 Å². The lowest BCUT2D eigenvalue weighted by Gasteiger charge is -2.26. The molecule has 1 atom stereocenters. The third-order valence-electron chi connectivity index (χ3n) is 5.61. The highest BCUT2D eigenvalue weighted by Crippen LogP contribution is 2.35. The third kappa shape index (κ3) is 3.12. The van der Waals surface area contributed by atoms with E-state index in [-0.39, 0.29) is 17.9 Å². The van der Waals surface area contributed by atoms with Gasteiger partial charge in [0.1, 0.15) is 0 Å². The minimum absolute atomic E-state index is 0.0429. The summed E-state index contributed by atoms with van der Waals surface area (Å²) < 4.78 is 0. The second kappa shape index (κ2) is 6.94. The molecule has 2 aromatic rings. The van der Waals surface area contributed by atoms with Crippen molar-refractivity contribution in [1.29, 1.82) is 0 Å². The van der Waals surface area contributed by atoms with Crippen molar-refractivity contribution in [2.45, 2.75) is 38.3 Å². The van der Waals surface area contributed by atoms with Gasteiger partial charge in [-0.15, -0.1) is 0 Å². The van der Waals surface area contributed by atoms with Crippen LogP contribution in [0.1, 0.15) is 52.4 Å². The predicted molar refractivity (Wildman–Crippen MR) is 101 cm³/mol. The number of carbonyl (C=O) groups excluding carboxylic acids is 2. The maximum atomic E-state index is 13.0. The second-order valence-electron chi connectivity index (χ2n) is 7.29. The lowest BCUT2D eigenvalue weighted by molar-refractivity contribution is -0.128. The summed E-state index contributed by atoms with van der Waals surface area (Å²) >= 11 is 0. The molecule has 1 fully saturated rings. The molecule has 2 aliphatic rings. The van der Waals surface area contributed by atoms with Crippen molar-refractivity contribution in [2.24, 2.45) is 0 Å². The second-order valence-corrected chi connectivity index (χ2v) is 7.29. The molecule has 0 saturated carbocycles. The summed E-state index contributed by atoms with van der Waals surface area (Å²) in [6.07, 6.45) is 3.57. The maximum absolute atomic E-state index is 13.0. The number of hydrogen-bond donors (Lipinski definition) is 0. The summed E-state index contributed by atoms with van der Waals surface area (Å²) in [5.41, 5.74) is 4.33. The van der Waals surface area contributed by atoms with Gasteiger partial charge in [0.2, 0.25) is 5.91 Å². The zero-order chi connectivity index (χ0) is 18.1. The molecule has 0 bridgehead atoms. The van der Waals surface area contributed by atoms with Crippen molar-refractivity contribution in [1.82, 2.24) is 9.80 Å². The molecule has 4 heteroatoms. The van der Waals surface area contributed by atoms with Gasteiger partial charge < -0.3 is 9.80 Å². The molecule has 4 rings (SSSR count). The van der Waals surface area contributed by atoms with Gasteiger partial charge in [0, 0.05) is 32.1 Å². The molecule has 26 heavy (non-hydrogen) atoms. The van der Waals surface area contributed by atoms with E-state index in [2.05, 4.69) is 18.2 Å². The van der Waals surface area contributed by atoms with Crippen molar-refractivity contribution >= 4 is 11.8 Å². The first-order valence-electron chi connectivity index (χ1n) is 9.35. The van der Waals surface area contributed by atoms with Crippen molar-refractivity contribution in [2.75, 3.05) is 13.6 Å². The first-order chi connectivity index (χ1) is 12.6. The van der Waals surface area contributed by atoms with E-state index in [1.54, 1.807) is 0 Å². The minimum atomic E-state index is 0.0429. The third-order valence-corrected chi connectivity index (χ3v) is 5.61. The Kier molecular flexibility index (Phi) is 4.49. The predicted octanol–water partition coefficient (Wildman–Crippen LogP) is 3.57. The number of likely N-dealkylation sites (tertiary alicyclic amines) is 1. The summed E-state index contributed by atoms with van der Waals surface area (Å²) in [5, 5.41) is 0. The van der Waals surface area contributed by atoms with Crippen LogP contribution in [0.15, 0.2) is 48.5 Å². The summed E-state index contributed by atoms with van der Waals surface area (Å²) in [5.74, 6) is 0.253. The zero-order valence-corrected chi connectivity index (χ0v) is 15.1. The van der Waals surface area contributed by atoms with Crippen LogP contribution in [0.2, 0.25) is 0 Å². The summed E-state index contributed by atoms with van der Waals surface area (Å²) in [4.78, 5) is 28.6. The van der Waals surface area contributed by atoms with E-state index >= 15 is 0 Å². The molecule has 1 saturated heterocycles. The largest absolute Gasteiger partial charge is 0.338 e. The number of carbonyl (C=O) groups is 2. The van der Waals surface area contributed by atoms with Gasteiger partial charge >= 0.3 is 0 Å². The molecular formula is C22H24N2O2. The molecule has 0 aromatic heterocycles. The van der Waals surface area contributed by atoms with E-state index in [4.69, 9.17) is 0 Å².